The minimum Gasteiger partial charge on any atom is -0.444 e. The molecule has 4 nitrogen and oxygen atoms in total. The number of rotatable bonds is 5. The molecule has 0 saturated heterocycles. The summed E-state index contributed by atoms with van der Waals surface area (Å²) < 4.78 is 5.22. The fraction of sp³-hybridized carbons (Fsp3) is 0.933. The van der Waals surface area contributed by atoms with Crippen LogP contribution in [0.3, 0.4) is 0 Å². The maximum Gasteiger partial charge on any atom is 0.407 e. The number of hydrogen-bond acceptors (Lipinski definition) is 3. The summed E-state index contributed by atoms with van der Waals surface area (Å²) >= 11 is 0. The fourth-order valence-electron chi connectivity index (χ4n) is 2.72. The Morgan fingerprint density at radius 2 is 2.05 bits per heavy atom. The van der Waals surface area contributed by atoms with Crippen molar-refractivity contribution in [1.29, 1.82) is 0 Å². The first kappa shape index (κ1) is 16.3. The van der Waals surface area contributed by atoms with Gasteiger partial charge < -0.3 is 15.4 Å². The SMILES string of the molecule is CCC1CCCC1NC(C)CNC(=O)OC(C)(C)C. The molecular formula is C15H30N2O2. The first-order valence-corrected chi connectivity index (χ1v) is 7.54. The van der Waals surface area contributed by atoms with Crippen LogP contribution in [-0.4, -0.2) is 30.3 Å². The molecule has 1 saturated carbocycles. The standard InChI is InChI=1S/C15H30N2O2/c1-6-12-8-7-9-13(12)17-11(2)10-16-14(18)19-15(3,4)5/h11-13,17H,6-10H2,1-5H3,(H,16,18). The fourth-order valence-corrected chi connectivity index (χ4v) is 2.72. The van der Waals surface area contributed by atoms with E-state index in [1.165, 1.54) is 25.7 Å². The van der Waals surface area contributed by atoms with E-state index in [-0.39, 0.29) is 12.1 Å². The molecule has 19 heavy (non-hydrogen) atoms. The highest BCUT2D eigenvalue weighted by molar-refractivity contribution is 5.67. The smallest absolute Gasteiger partial charge is 0.407 e. The average Bonchev–Trinajstić information content (AvgIpc) is 2.71. The molecule has 1 amide bonds. The van der Waals surface area contributed by atoms with Crippen molar-refractivity contribution in [2.75, 3.05) is 6.54 Å². The van der Waals surface area contributed by atoms with Crippen molar-refractivity contribution in [3.63, 3.8) is 0 Å². The average molecular weight is 270 g/mol. The highest BCUT2D eigenvalue weighted by Gasteiger charge is 2.26. The van der Waals surface area contributed by atoms with Crippen LogP contribution in [0.1, 0.15) is 60.3 Å². The van der Waals surface area contributed by atoms with Gasteiger partial charge in [0.25, 0.3) is 0 Å². The maximum absolute atomic E-state index is 11.6. The topological polar surface area (TPSA) is 50.4 Å². The van der Waals surface area contributed by atoms with Crippen LogP contribution in [0.2, 0.25) is 0 Å². The van der Waals surface area contributed by atoms with Gasteiger partial charge in [0.15, 0.2) is 0 Å². The summed E-state index contributed by atoms with van der Waals surface area (Å²) in [6.07, 6.45) is 4.82. The molecule has 1 aliphatic carbocycles. The Bertz CT molecular complexity index is 286. The number of nitrogens with one attached hydrogen (secondary N) is 2. The third kappa shape index (κ3) is 6.28. The molecule has 3 atom stereocenters. The van der Waals surface area contributed by atoms with Crippen molar-refractivity contribution in [2.24, 2.45) is 5.92 Å². The van der Waals surface area contributed by atoms with E-state index in [0.717, 1.165) is 5.92 Å². The van der Waals surface area contributed by atoms with Gasteiger partial charge >= 0.3 is 6.09 Å². The van der Waals surface area contributed by atoms with Gasteiger partial charge in [-0.2, -0.15) is 0 Å². The lowest BCUT2D eigenvalue weighted by molar-refractivity contribution is 0.0522. The number of carbonyl (C=O) groups is 1. The van der Waals surface area contributed by atoms with Crippen molar-refractivity contribution in [2.45, 2.75) is 78.0 Å². The Kier molecular flexibility index (Phi) is 6.11. The monoisotopic (exact) mass is 270 g/mol. The first-order chi connectivity index (χ1) is 8.81. The molecule has 0 aromatic heterocycles. The molecule has 1 fully saturated rings. The van der Waals surface area contributed by atoms with Gasteiger partial charge in [-0.1, -0.05) is 19.8 Å². The summed E-state index contributed by atoms with van der Waals surface area (Å²) in [6.45, 7) is 10.6. The normalized spacial score (nSPS) is 25.1. The molecule has 0 aliphatic heterocycles. The Morgan fingerprint density at radius 3 is 2.63 bits per heavy atom. The van der Waals surface area contributed by atoms with Crippen LogP contribution in [-0.2, 0) is 4.74 Å². The largest absolute Gasteiger partial charge is 0.444 e. The van der Waals surface area contributed by atoms with Gasteiger partial charge in [-0.3, -0.25) is 0 Å². The zero-order valence-corrected chi connectivity index (χ0v) is 13.1. The van der Waals surface area contributed by atoms with E-state index in [9.17, 15) is 4.79 Å². The first-order valence-electron chi connectivity index (χ1n) is 7.54. The van der Waals surface area contributed by atoms with Crippen molar-refractivity contribution in [3.05, 3.63) is 0 Å². The Morgan fingerprint density at radius 1 is 1.37 bits per heavy atom. The lowest BCUT2D eigenvalue weighted by atomic mass is 10.00. The van der Waals surface area contributed by atoms with Gasteiger partial charge in [-0.15, -0.1) is 0 Å². The van der Waals surface area contributed by atoms with Gasteiger partial charge in [0.1, 0.15) is 5.60 Å². The van der Waals surface area contributed by atoms with Crippen molar-refractivity contribution < 1.29 is 9.53 Å². The van der Waals surface area contributed by atoms with Gasteiger partial charge in [0.05, 0.1) is 0 Å². The van der Waals surface area contributed by atoms with Crippen LogP contribution >= 0.6 is 0 Å². The second-order valence-corrected chi connectivity index (χ2v) is 6.66. The summed E-state index contributed by atoms with van der Waals surface area (Å²) in [4.78, 5) is 11.6. The molecule has 1 aliphatic rings. The molecule has 0 aromatic carbocycles. The van der Waals surface area contributed by atoms with Crippen LogP contribution in [0.15, 0.2) is 0 Å². The molecule has 0 aromatic rings. The van der Waals surface area contributed by atoms with Gasteiger partial charge in [0, 0.05) is 18.6 Å². The molecule has 4 heteroatoms. The molecule has 0 bridgehead atoms. The van der Waals surface area contributed by atoms with Crippen LogP contribution in [0, 0.1) is 5.92 Å². The Balaban J connectivity index is 2.24. The summed E-state index contributed by atoms with van der Waals surface area (Å²) in [7, 11) is 0. The van der Waals surface area contributed by atoms with E-state index in [0.29, 0.717) is 12.6 Å². The minimum absolute atomic E-state index is 0.282. The molecule has 0 heterocycles. The van der Waals surface area contributed by atoms with Crippen molar-refractivity contribution >= 4 is 6.09 Å². The van der Waals surface area contributed by atoms with Crippen molar-refractivity contribution in [1.82, 2.24) is 10.6 Å². The zero-order valence-electron chi connectivity index (χ0n) is 13.1. The van der Waals surface area contributed by atoms with E-state index in [1.54, 1.807) is 0 Å². The third-order valence-corrected chi connectivity index (χ3v) is 3.63. The highest BCUT2D eigenvalue weighted by atomic mass is 16.6. The Labute approximate surface area is 117 Å². The molecule has 2 N–H and O–H groups in total. The van der Waals surface area contributed by atoms with E-state index >= 15 is 0 Å². The van der Waals surface area contributed by atoms with Crippen LogP contribution in [0.25, 0.3) is 0 Å². The zero-order chi connectivity index (χ0) is 14.5. The van der Waals surface area contributed by atoms with Gasteiger partial charge in [-0.25, -0.2) is 4.79 Å². The predicted octanol–water partition coefficient (Wildman–Crippen LogP) is 3.07. The van der Waals surface area contributed by atoms with Crippen LogP contribution in [0.4, 0.5) is 4.79 Å². The number of alkyl carbamates (subject to hydrolysis) is 1. The van der Waals surface area contributed by atoms with Gasteiger partial charge in [-0.05, 0) is 46.5 Å². The lowest BCUT2D eigenvalue weighted by Crippen LogP contribution is -2.46. The van der Waals surface area contributed by atoms with Crippen molar-refractivity contribution in [3.8, 4) is 0 Å². The Hall–Kier alpha value is -0.770. The lowest BCUT2D eigenvalue weighted by Gasteiger charge is -2.25. The van der Waals surface area contributed by atoms with E-state index < -0.39 is 5.60 Å². The molecular weight excluding hydrogens is 240 g/mol. The summed E-state index contributed by atoms with van der Waals surface area (Å²) in [5, 5.41) is 6.45. The highest BCUT2D eigenvalue weighted by Crippen LogP contribution is 2.28. The number of hydrogen-bond donors (Lipinski definition) is 2. The number of amides is 1. The molecule has 112 valence electrons. The van der Waals surface area contributed by atoms with Gasteiger partial charge in [0.2, 0.25) is 0 Å². The van der Waals surface area contributed by atoms with E-state index in [1.807, 2.05) is 20.8 Å². The second-order valence-electron chi connectivity index (χ2n) is 6.66. The minimum atomic E-state index is -0.431. The molecule has 3 unspecified atom stereocenters. The summed E-state index contributed by atoms with van der Waals surface area (Å²) in [5.74, 6) is 0.795. The molecule has 0 radical (unpaired) electrons. The summed E-state index contributed by atoms with van der Waals surface area (Å²) in [5.41, 5.74) is -0.431. The van der Waals surface area contributed by atoms with Crippen LogP contribution in [0.5, 0.6) is 0 Å². The molecule has 1 rings (SSSR count). The van der Waals surface area contributed by atoms with Crippen LogP contribution < -0.4 is 10.6 Å². The second kappa shape index (κ2) is 7.13. The third-order valence-electron chi connectivity index (χ3n) is 3.63. The maximum atomic E-state index is 11.6. The number of carbonyl (C=O) groups excluding carboxylic acids is 1. The summed E-state index contributed by atoms with van der Waals surface area (Å²) in [6, 6.07) is 0.894. The molecule has 0 spiro atoms. The van der Waals surface area contributed by atoms with E-state index in [2.05, 4.69) is 24.5 Å². The predicted molar refractivity (Wildman–Crippen MR) is 78.3 cm³/mol. The number of ether oxygens (including phenoxy) is 1. The van der Waals surface area contributed by atoms with E-state index in [4.69, 9.17) is 4.74 Å². The quantitative estimate of drug-likeness (QED) is 0.807.